The lowest BCUT2D eigenvalue weighted by molar-refractivity contribution is -0.116. The molecule has 0 bridgehead atoms. The third-order valence-electron chi connectivity index (χ3n) is 2.78. The van der Waals surface area contributed by atoms with E-state index >= 15 is 0 Å². The Morgan fingerprint density at radius 1 is 1.35 bits per heavy atom. The third kappa shape index (κ3) is 3.49. The van der Waals surface area contributed by atoms with Gasteiger partial charge in [-0.15, -0.1) is 0 Å². The van der Waals surface area contributed by atoms with Gasteiger partial charge in [0, 0.05) is 18.2 Å². The number of halogens is 2. The van der Waals surface area contributed by atoms with Crippen molar-refractivity contribution in [3.05, 3.63) is 29.8 Å². The Bertz CT molecular complexity index is 397. The van der Waals surface area contributed by atoms with E-state index in [1.807, 2.05) is 0 Å². The van der Waals surface area contributed by atoms with Crippen molar-refractivity contribution in [3.8, 4) is 0 Å². The van der Waals surface area contributed by atoms with Crippen LogP contribution >= 0.6 is 0 Å². The molecule has 2 rings (SSSR count). The van der Waals surface area contributed by atoms with Crippen LogP contribution in [0, 0.1) is 17.6 Å². The minimum Gasteiger partial charge on any atom is -0.326 e. The molecule has 0 saturated carbocycles. The van der Waals surface area contributed by atoms with E-state index in [2.05, 4.69) is 10.6 Å². The maximum atomic E-state index is 12.9. The fourth-order valence-corrected chi connectivity index (χ4v) is 1.99. The van der Waals surface area contributed by atoms with Crippen LogP contribution in [-0.2, 0) is 4.79 Å². The van der Waals surface area contributed by atoms with Gasteiger partial charge >= 0.3 is 0 Å². The second kappa shape index (κ2) is 5.23. The van der Waals surface area contributed by atoms with Crippen molar-refractivity contribution in [2.45, 2.75) is 12.8 Å². The van der Waals surface area contributed by atoms with Crippen LogP contribution in [0.5, 0.6) is 0 Å². The highest BCUT2D eigenvalue weighted by Gasteiger charge is 2.18. The molecule has 1 fully saturated rings. The molecule has 1 aromatic carbocycles. The van der Waals surface area contributed by atoms with E-state index in [1.54, 1.807) is 0 Å². The number of nitrogens with one attached hydrogen (secondary N) is 2. The van der Waals surface area contributed by atoms with Crippen LogP contribution in [0.25, 0.3) is 0 Å². The molecule has 2 N–H and O–H groups in total. The van der Waals surface area contributed by atoms with Gasteiger partial charge in [-0.25, -0.2) is 8.78 Å². The highest BCUT2D eigenvalue weighted by atomic mass is 19.1. The SMILES string of the molecule is O=C(CC1CCNC1)Nc1cc(F)cc(F)c1. The molecule has 1 saturated heterocycles. The van der Waals surface area contributed by atoms with Gasteiger partial charge in [0.1, 0.15) is 11.6 Å². The van der Waals surface area contributed by atoms with Crippen LogP contribution in [0.15, 0.2) is 18.2 Å². The van der Waals surface area contributed by atoms with Crippen LogP contribution in [-0.4, -0.2) is 19.0 Å². The molecule has 0 spiro atoms. The second-order valence-electron chi connectivity index (χ2n) is 4.27. The predicted octanol–water partition coefficient (Wildman–Crippen LogP) is 1.90. The zero-order chi connectivity index (χ0) is 12.3. The van der Waals surface area contributed by atoms with E-state index < -0.39 is 11.6 Å². The Kier molecular flexibility index (Phi) is 3.68. The van der Waals surface area contributed by atoms with Crippen molar-refractivity contribution in [1.82, 2.24) is 5.32 Å². The summed E-state index contributed by atoms with van der Waals surface area (Å²) in [4.78, 5) is 11.6. The molecule has 1 unspecified atom stereocenters. The average Bonchev–Trinajstić information content (AvgIpc) is 2.67. The van der Waals surface area contributed by atoms with Gasteiger partial charge < -0.3 is 10.6 Å². The number of anilines is 1. The molecule has 17 heavy (non-hydrogen) atoms. The molecule has 1 heterocycles. The van der Waals surface area contributed by atoms with E-state index in [9.17, 15) is 13.6 Å². The molecular weight excluding hydrogens is 226 g/mol. The van der Waals surface area contributed by atoms with Crippen molar-refractivity contribution in [3.63, 3.8) is 0 Å². The monoisotopic (exact) mass is 240 g/mol. The summed E-state index contributed by atoms with van der Waals surface area (Å²) in [7, 11) is 0. The molecule has 3 nitrogen and oxygen atoms in total. The van der Waals surface area contributed by atoms with Crippen molar-refractivity contribution in [2.75, 3.05) is 18.4 Å². The first kappa shape index (κ1) is 12.0. The number of carbonyl (C=O) groups is 1. The van der Waals surface area contributed by atoms with Crippen molar-refractivity contribution < 1.29 is 13.6 Å². The Morgan fingerprint density at radius 2 is 2.06 bits per heavy atom. The Morgan fingerprint density at radius 3 is 2.65 bits per heavy atom. The van der Waals surface area contributed by atoms with Crippen molar-refractivity contribution in [2.24, 2.45) is 5.92 Å². The molecule has 5 heteroatoms. The van der Waals surface area contributed by atoms with E-state index in [-0.39, 0.29) is 11.6 Å². The molecule has 0 aromatic heterocycles. The van der Waals surface area contributed by atoms with Gasteiger partial charge in [-0.1, -0.05) is 0 Å². The van der Waals surface area contributed by atoms with E-state index in [0.29, 0.717) is 12.3 Å². The fourth-order valence-electron chi connectivity index (χ4n) is 1.99. The number of rotatable bonds is 3. The Hall–Kier alpha value is -1.49. The zero-order valence-corrected chi connectivity index (χ0v) is 9.30. The molecular formula is C12H14F2N2O. The number of amides is 1. The normalized spacial score (nSPS) is 19.3. The maximum Gasteiger partial charge on any atom is 0.224 e. The third-order valence-corrected chi connectivity index (χ3v) is 2.78. The van der Waals surface area contributed by atoms with Gasteiger partial charge in [0.15, 0.2) is 0 Å². The molecule has 1 amide bonds. The van der Waals surface area contributed by atoms with E-state index in [1.165, 1.54) is 0 Å². The summed E-state index contributed by atoms with van der Waals surface area (Å²) in [5.41, 5.74) is 0.165. The molecule has 0 radical (unpaired) electrons. The lowest BCUT2D eigenvalue weighted by Crippen LogP contribution is -2.18. The number of hydrogen-bond acceptors (Lipinski definition) is 2. The summed E-state index contributed by atoms with van der Waals surface area (Å²) in [6.45, 7) is 1.75. The lowest BCUT2D eigenvalue weighted by Gasteiger charge is -2.09. The van der Waals surface area contributed by atoms with E-state index in [4.69, 9.17) is 0 Å². The fraction of sp³-hybridized carbons (Fsp3) is 0.417. The first-order valence-electron chi connectivity index (χ1n) is 5.60. The van der Waals surface area contributed by atoms with Crippen LogP contribution in [0.4, 0.5) is 14.5 Å². The summed E-state index contributed by atoms with van der Waals surface area (Å²) in [6.07, 6.45) is 1.34. The van der Waals surface area contributed by atoms with Gasteiger partial charge in [-0.2, -0.15) is 0 Å². The highest BCUT2D eigenvalue weighted by Crippen LogP contribution is 2.16. The Labute approximate surface area is 98.2 Å². The predicted molar refractivity (Wildman–Crippen MR) is 60.6 cm³/mol. The van der Waals surface area contributed by atoms with E-state index in [0.717, 1.165) is 37.7 Å². The van der Waals surface area contributed by atoms with Gasteiger partial charge in [0.25, 0.3) is 0 Å². The summed E-state index contributed by atoms with van der Waals surface area (Å²) < 4.78 is 25.8. The van der Waals surface area contributed by atoms with Gasteiger partial charge in [-0.05, 0) is 37.6 Å². The summed E-state index contributed by atoms with van der Waals surface area (Å²) in [5.74, 6) is -1.28. The number of carbonyl (C=O) groups excluding carboxylic acids is 1. The molecule has 1 aliphatic heterocycles. The standard InChI is InChI=1S/C12H14F2N2O/c13-9-4-10(14)6-11(5-9)16-12(17)3-8-1-2-15-7-8/h4-6,8,15H,1-3,7H2,(H,16,17). The Balaban J connectivity index is 1.92. The van der Waals surface area contributed by atoms with Crippen LogP contribution in [0.1, 0.15) is 12.8 Å². The number of benzene rings is 1. The molecule has 1 aliphatic rings. The first-order chi connectivity index (χ1) is 8.13. The smallest absolute Gasteiger partial charge is 0.224 e. The minimum atomic E-state index is -0.692. The van der Waals surface area contributed by atoms with Crippen LogP contribution in [0.3, 0.4) is 0 Å². The minimum absolute atomic E-state index is 0.165. The molecule has 0 aliphatic carbocycles. The maximum absolute atomic E-state index is 12.9. The van der Waals surface area contributed by atoms with Gasteiger partial charge in [0.2, 0.25) is 5.91 Å². The van der Waals surface area contributed by atoms with Crippen LogP contribution in [0.2, 0.25) is 0 Å². The van der Waals surface area contributed by atoms with Gasteiger partial charge in [0.05, 0.1) is 0 Å². The summed E-state index contributed by atoms with van der Waals surface area (Å²) >= 11 is 0. The van der Waals surface area contributed by atoms with Crippen molar-refractivity contribution in [1.29, 1.82) is 0 Å². The molecule has 92 valence electrons. The van der Waals surface area contributed by atoms with Gasteiger partial charge in [-0.3, -0.25) is 4.79 Å². The number of hydrogen-bond donors (Lipinski definition) is 2. The first-order valence-corrected chi connectivity index (χ1v) is 5.60. The second-order valence-corrected chi connectivity index (χ2v) is 4.27. The largest absolute Gasteiger partial charge is 0.326 e. The summed E-state index contributed by atoms with van der Waals surface area (Å²) in [5, 5.41) is 5.66. The quantitative estimate of drug-likeness (QED) is 0.847. The topological polar surface area (TPSA) is 41.1 Å². The molecule has 1 atom stereocenters. The summed E-state index contributed by atoms with van der Waals surface area (Å²) in [6, 6.07) is 2.98. The lowest BCUT2D eigenvalue weighted by atomic mass is 10.0. The van der Waals surface area contributed by atoms with Crippen LogP contribution < -0.4 is 10.6 Å². The zero-order valence-electron chi connectivity index (χ0n) is 9.30. The van der Waals surface area contributed by atoms with Crippen molar-refractivity contribution >= 4 is 11.6 Å². The average molecular weight is 240 g/mol. The highest BCUT2D eigenvalue weighted by molar-refractivity contribution is 5.90. The molecule has 1 aromatic rings.